The molecule has 102 valence electrons. The number of methoxy groups -OCH3 is 1. The third-order valence-electron chi connectivity index (χ3n) is 6.50. The van der Waals surface area contributed by atoms with E-state index in [4.69, 9.17) is 4.74 Å². The highest BCUT2D eigenvalue weighted by atomic mass is 79.9. The van der Waals surface area contributed by atoms with E-state index in [2.05, 4.69) is 22.5 Å². The number of hydrogen-bond acceptors (Lipinski definition) is 3. The zero-order valence-corrected chi connectivity index (χ0v) is 12.5. The molecule has 0 aromatic carbocycles. The Morgan fingerprint density at radius 2 is 2.32 bits per heavy atom. The van der Waals surface area contributed by atoms with Crippen molar-refractivity contribution in [3.63, 3.8) is 0 Å². The monoisotopic (exact) mass is 324 g/mol. The standard InChI is InChI=1S/C15H17BrO3/c1-6-11-7-3-9-13(11)12(6)14(18)15(9,5-16)8(7)4-10(17)19-2/h7-9,11-13H,1,3-5H2,2H3. The van der Waals surface area contributed by atoms with Gasteiger partial charge in [-0.05, 0) is 36.0 Å². The van der Waals surface area contributed by atoms with E-state index in [0.717, 1.165) is 12.0 Å². The number of ketones is 1. The van der Waals surface area contributed by atoms with Crippen molar-refractivity contribution in [2.45, 2.75) is 12.8 Å². The van der Waals surface area contributed by atoms with Crippen molar-refractivity contribution in [2.24, 2.45) is 40.9 Å². The van der Waals surface area contributed by atoms with Gasteiger partial charge in [0.1, 0.15) is 5.78 Å². The van der Waals surface area contributed by atoms with Gasteiger partial charge in [-0.2, -0.15) is 0 Å². The molecule has 7 atom stereocenters. The highest BCUT2D eigenvalue weighted by molar-refractivity contribution is 9.09. The summed E-state index contributed by atoms with van der Waals surface area (Å²) < 4.78 is 4.84. The Morgan fingerprint density at radius 1 is 1.58 bits per heavy atom. The normalized spacial score (nSPS) is 52.5. The van der Waals surface area contributed by atoms with Gasteiger partial charge >= 0.3 is 5.97 Å². The SMILES string of the molecule is C=C1C2C(=O)C3(CBr)C(CC(=O)OC)C4CC3C2C14. The molecule has 0 N–H and O–H groups in total. The smallest absolute Gasteiger partial charge is 0.305 e. The van der Waals surface area contributed by atoms with Crippen LogP contribution in [0.25, 0.3) is 0 Å². The van der Waals surface area contributed by atoms with Crippen LogP contribution in [0.3, 0.4) is 0 Å². The molecule has 0 aromatic rings. The molecule has 3 nitrogen and oxygen atoms in total. The quantitative estimate of drug-likeness (QED) is 0.454. The van der Waals surface area contributed by atoms with Crippen LogP contribution in [-0.2, 0) is 14.3 Å². The maximum atomic E-state index is 12.9. The summed E-state index contributed by atoms with van der Waals surface area (Å²) in [4.78, 5) is 24.6. The number of Topliss-reactive ketones (excluding diaryl/α,β-unsaturated/α-hetero) is 1. The van der Waals surface area contributed by atoms with Gasteiger partial charge < -0.3 is 4.74 Å². The Kier molecular flexibility index (Phi) is 2.24. The number of fused-ring (bicyclic) bond motifs is 2. The predicted octanol–water partition coefficient (Wildman–Crippen LogP) is 2.20. The Labute approximate surface area is 120 Å². The summed E-state index contributed by atoms with van der Waals surface area (Å²) in [6, 6.07) is 0. The summed E-state index contributed by atoms with van der Waals surface area (Å²) in [5.41, 5.74) is 0.835. The van der Waals surface area contributed by atoms with E-state index in [1.807, 2.05) is 0 Å². The molecule has 0 radical (unpaired) electrons. The summed E-state index contributed by atoms with van der Waals surface area (Å²) in [6.45, 7) is 4.16. The van der Waals surface area contributed by atoms with Crippen LogP contribution in [0, 0.1) is 40.9 Å². The van der Waals surface area contributed by atoms with Gasteiger partial charge in [0.05, 0.1) is 7.11 Å². The molecule has 0 aromatic heterocycles. The summed E-state index contributed by atoms with van der Waals surface area (Å²) in [5.74, 6) is 2.41. The molecule has 0 aliphatic heterocycles. The molecule has 0 heterocycles. The first-order valence-electron chi connectivity index (χ1n) is 6.93. The highest BCUT2D eigenvalue weighted by Gasteiger charge is 2.80. The number of hydrogen-bond donors (Lipinski definition) is 0. The van der Waals surface area contributed by atoms with Crippen molar-refractivity contribution < 1.29 is 14.3 Å². The molecule has 2 bridgehead atoms. The second-order valence-electron chi connectivity index (χ2n) is 6.59. The molecule has 19 heavy (non-hydrogen) atoms. The van der Waals surface area contributed by atoms with E-state index in [9.17, 15) is 9.59 Å². The first-order chi connectivity index (χ1) is 9.07. The topological polar surface area (TPSA) is 43.4 Å². The molecule has 4 saturated carbocycles. The molecule has 4 fully saturated rings. The molecule has 4 aliphatic rings. The second-order valence-corrected chi connectivity index (χ2v) is 7.15. The number of ether oxygens (including phenoxy) is 1. The van der Waals surface area contributed by atoms with Gasteiger partial charge in [-0.25, -0.2) is 0 Å². The lowest BCUT2D eigenvalue weighted by Gasteiger charge is -2.46. The fourth-order valence-corrected chi connectivity index (χ4v) is 7.02. The van der Waals surface area contributed by atoms with E-state index in [1.165, 1.54) is 7.11 Å². The number of esters is 1. The molecule has 4 heteroatoms. The number of rotatable bonds is 3. The van der Waals surface area contributed by atoms with Crippen LogP contribution in [0.15, 0.2) is 12.2 Å². The fourth-order valence-electron chi connectivity index (χ4n) is 5.91. The Balaban J connectivity index is 1.79. The van der Waals surface area contributed by atoms with Gasteiger partial charge in [-0.15, -0.1) is 0 Å². The van der Waals surface area contributed by atoms with Gasteiger partial charge in [-0.3, -0.25) is 9.59 Å². The third kappa shape index (κ3) is 1.05. The van der Waals surface area contributed by atoms with Crippen molar-refractivity contribution in [3.8, 4) is 0 Å². The van der Waals surface area contributed by atoms with E-state index < -0.39 is 0 Å². The van der Waals surface area contributed by atoms with Crippen molar-refractivity contribution in [3.05, 3.63) is 12.2 Å². The lowest BCUT2D eigenvalue weighted by Crippen LogP contribution is -2.45. The van der Waals surface area contributed by atoms with Gasteiger partial charge in [-0.1, -0.05) is 28.1 Å². The van der Waals surface area contributed by atoms with Crippen LogP contribution < -0.4 is 0 Å². The lowest BCUT2D eigenvalue weighted by molar-refractivity contribution is -0.144. The average Bonchev–Trinajstić information content (AvgIpc) is 2.91. The summed E-state index contributed by atoms with van der Waals surface area (Å²) in [7, 11) is 1.43. The zero-order chi connectivity index (χ0) is 13.5. The van der Waals surface area contributed by atoms with E-state index >= 15 is 0 Å². The molecule has 0 saturated heterocycles. The number of alkyl halides is 1. The molecule has 0 amide bonds. The number of carbonyl (C=O) groups excluding carboxylic acids is 2. The first kappa shape index (κ1) is 12.1. The third-order valence-corrected chi connectivity index (χ3v) is 7.42. The van der Waals surface area contributed by atoms with Crippen molar-refractivity contribution >= 4 is 27.7 Å². The van der Waals surface area contributed by atoms with Crippen molar-refractivity contribution in [1.82, 2.24) is 0 Å². The summed E-state index contributed by atoms with van der Waals surface area (Å²) in [6.07, 6.45) is 1.49. The van der Waals surface area contributed by atoms with E-state index in [-0.39, 0.29) is 23.2 Å². The zero-order valence-electron chi connectivity index (χ0n) is 10.9. The number of carbonyl (C=O) groups is 2. The second kappa shape index (κ2) is 3.51. The first-order valence-corrected chi connectivity index (χ1v) is 8.05. The minimum Gasteiger partial charge on any atom is -0.469 e. The van der Waals surface area contributed by atoms with Crippen LogP contribution in [0.1, 0.15) is 12.8 Å². The maximum Gasteiger partial charge on any atom is 0.305 e. The van der Waals surface area contributed by atoms with Gasteiger partial charge in [0, 0.05) is 23.1 Å². The Bertz CT molecular complexity index is 514. The molecule has 4 aliphatic carbocycles. The molecular weight excluding hydrogens is 308 g/mol. The largest absolute Gasteiger partial charge is 0.469 e. The lowest BCUT2D eigenvalue weighted by atomic mass is 9.57. The number of halogens is 1. The van der Waals surface area contributed by atoms with Crippen LogP contribution >= 0.6 is 15.9 Å². The molecule has 7 unspecified atom stereocenters. The van der Waals surface area contributed by atoms with Crippen LogP contribution in [0.5, 0.6) is 0 Å². The maximum absolute atomic E-state index is 12.9. The van der Waals surface area contributed by atoms with E-state index in [1.54, 1.807) is 0 Å². The predicted molar refractivity (Wildman–Crippen MR) is 72.6 cm³/mol. The minimum atomic E-state index is -0.315. The van der Waals surface area contributed by atoms with E-state index in [0.29, 0.717) is 41.2 Å². The van der Waals surface area contributed by atoms with Crippen LogP contribution in [0.2, 0.25) is 0 Å². The molecule has 4 rings (SSSR count). The number of allylic oxidation sites excluding steroid dienone is 1. The highest BCUT2D eigenvalue weighted by Crippen LogP contribution is 2.79. The van der Waals surface area contributed by atoms with Gasteiger partial charge in [0.15, 0.2) is 0 Å². The molecule has 0 spiro atoms. The Morgan fingerprint density at radius 3 is 2.95 bits per heavy atom. The molecular formula is C15H17BrO3. The van der Waals surface area contributed by atoms with Crippen LogP contribution in [-0.4, -0.2) is 24.2 Å². The average molecular weight is 325 g/mol. The minimum absolute atomic E-state index is 0.0974. The summed E-state index contributed by atoms with van der Waals surface area (Å²) in [5, 5.41) is 0.689. The van der Waals surface area contributed by atoms with Crippen molar-refractivity contribution in [2.75, 3.05) is 12.4 Å². The Hall–Kier alpha value is -0.640. The van der Waals surface area contributed by atoms with Gasteiger partial charge in [0.25, 0.3) is 0 Å². The van der Waals surface area contributed by atoms with Crippen LogP contribution in [0.4, 0.5) is 0 Å². The van der Waals surface area contributed by atoms with Crippen molar-refractivity contribution in [1.29, 1.82) is 0 Å². The fraction of sp³-hybridized carbons (Fsp3) is 0.733. The summed E-state index contributed by atoms with van der Waals surface area (Å²) >= 11 is 3.58. The van der Waals surface area contributed by atoms with Gasteiger partial charge in [0.2, 0.25) is 0 Å².